The molecule has 1 aromatic carbocycles. The van der Waals surface area contributed by atoms with Crippen molar-refractivity contribution < 1.29 is 22.9 Å². The highest BCUT2D eigenvalue weighted by atomic mass is 35.7. The van der Waals surface area contributed by atoms with Gasteiger partial charge in [0.25, 0.3) is 14.7 Å². The Morgan fingerprint density at radius 1 is 1.47 bits per heavy atom. The second-order valence-electron chi connectivity index (χ2n) is 2.87. The molecule has 0 fully saturated rings. The van der Waals surface area contributed by atoms with Gasteiger partial charge in [0.15, 0.2) is 0 Å². The van der Waals surface area contributed by atoms with Crippen LogP contribution in [0.25, 0.3) is 0 Å². The van der Waals surface area contributed by atoms with E-state index in [1.807, 2.05) is 0 Å². The summed E-state index contributed by atoms with van der Waals surface area (Å²) in [6.45, 7) is 0. The molecule has 7 nitrogen and oxygen atoms in total. The number of hydrogen-bond acceptors (Lipinski definition) is 6. The SMILES string of the molecule is COC(=O)c1cc(S(=O)(=O)Cl)ccc1[N+](=O)[O-]. The number of nitro groups is 1. The van der Waals surface area contributed by atoms with Gasteiger partial charge < -0.3 is 4.74 Å². The molecular weight excluding hydrogens is 274 g/mol. The van der Waals surface area contributed by atoms with Crippen molar-refractivity contribution in [3.63, 3.8) is 0 Å². The van der Waals surface area contributed by atoms with Gasteiger partial charge >= 0.3 is 5.97 Å². The van der Waals surface area contributed by atoms with Crippen LogP contribution >= 0.6 is 10.7 Å². The van der Waals surface area contributed by atoms with E-state index in [-0.39, 0.29) is 0 Å². The summed E-state index contributed by atoms with van der Waals surface area (Å²) in [7, 11) is 2.01. The van der Waals surface area contributed by atoms with E-state index in [2.05, 4.69) is 4.74 Å². The van der Waals surface area contributed by atoms with Crippen LogP contribution in [0.5, 0.6) is 0 Å². The molecule has 0 N–H and O–H groups in total. The van der Waals surface area contributed by atoms with Crippen molar-refractivity contribution in [1.29, 1.82) is 0 Å². The first-order valence-electron chi connectivity index (χ1n) is 4.09. The molecule has 0 heterocycles. The summed E-state index contributed by atoms with van der Waals surface area (Å²) in [4.78, 5) is 20.6. The number of carbonyl (C=O) groups excluding carboxylic acids is 1. The Balaban J connectivity index is 3.50. The van der Waals surface area contributed by atoms with Crippen LogP contribution in [0.4, 0.5) is 5.69 Å². The lowest BCUT2D eigenvalue weighted by molar-refractivity contribution is -0.385. The fourth-order valence-electron chi connectivity index (χ4n) is 1.10. The molecule has 0 atom stereocenters. The van der Waals surface area contributed by atoms with Crippen LogP contribution in [-0.2, 0) is 13.8 Å². The summed E-state index contributed by atoms with van der Waals surface area (Å²) >= 11 is 0. The molecule has 0 aliphatic carbocycles. The standard InChI is InChI=1S/C8H6ClNO6S/c1-16-8(11)6-4-5(17(9,14)15)2-3-7(6)10(12)13/h2-4H,1H3. The zero-order valence-corrected chi connectivity index (χ0v) is 9.99. The van der Waals surface area contributed by atoms with Crippen LogP contribution in [0, 0.1) is 10.1 Å². The minimum atomic E-state index is -4.07. The molecule has 0 amide bonds. The molecule has 0 aliphatic heterocycles. The summed E-state index contributed by atoms with van der Waals surface area (Å²) in [5.74, 6) is -1.01. The molecule has 9 heteroatoms. The molecule has 0 bridgehead atoms. The van der Waals surface area contributed by atoms with Crippen LogP contribution in [0.1, 0.15) is 10.4 Å². The summed E-state index contributed by atoms with van der Waals surface area (Å²) in [5, 5.41) is 10.6. The number of ether oxygens (including phenoxy) is 1. The average Bonchev–Trinajstić information content (AvgIpc) is 2.25. The van der Waals surface area contributed by atoms with Crippen molar-refractivity contribution in [3.05, 3.63) is 33.9 Å². The minimum Gasteiger partial charge on any atom is -0.465 e. The number of carbonyl (C=O) groups is 1. The van der Waals surface area contributed by atoms with Gasteiger partial charge in [-0.1, -0.05) is 0 Å². The normalized spacial score (nSPS) is 10.9. The van der Waals surface area contributed by atoms with Gasteiger partial charge in [-0.05, 0) is 12.1 Å². The van der Waals surface area contributed by atoms with Crippen LogP contribution in [0.3, 0.4) is 0 Å². The molecule has 0 aromatic heterocycles. The Morgan fingerprint density at radius 3 is 2.47 bits per heavy atom. The number of rotatable bonds is 3. The van der Waals surface area contributed by atoms with Gasteiger partial charge in [0.1, 0.15) is 5.56 Å². The maximum Gasteiger partial charge on any atom is 0.344 e. The molecule has 0 radical (unpaired) electrons. The number of esters is 1. The van der Waals surface area contributed by atoms with Crippen LogP contribution in [-0.4, -0.2) is 26.4 Å². The maximum absolute atomic E-state index is 11.3. The van der Waals surface area contributed by atoms with E-state index in [0.717, 1.165) is 25.3 Å². The molecule has 0 saturated carbocycles. The van der Waals surface area contributed by atoms with Crippen LogP contribution in [0.2, 0.25) is 0 Å². The zero-order valence-electron chi connectivity index (χ0n) is 8.41. The summed E-state index contributed by atoms with van der Waals surface area (Å²) in [6.07, 6.45) is 0. The second-order valence-corrected chi connectivity index (χ2v) is 5.43. The zero-order chi connectivity index (χ0) is 13.2. The number of benzene rings is 1. The molecule has 0 spiro atoms. The van der Waals surface area contributed by atoms with E-state index in [1.54, 1.807) is 0 Å². The Kier molecular flexibility index (Phi) is 3.69. The van der Waals surface area contributed by atoms with E-state index >= 15 is 0 Å². The molecule has 1 rings (SSSR count). The number of halogens is 1. The van der Waals surface area contributed by atoms with Gasteiger partial charge in [-0.15, -0.1) is 0 Å². The van der Waals surface area contributed by atoms with E-state index < -0.39 is 36.1 Å². The lowest BCUT2D eigenvalue weighted by Gasteiger charge is -2.02. The van der Waals surface area contributed by atoms with Gasteiger partial charge in [-0.3, -0.25) is 10.1 Å². The quantitative estimate of drug-likeness (QED) is 0.357. The van der Waals surface area contributed by atoms with Crippen molar-refractivity contribution in [2.45, 2.75) is 4.90 Å². The predicted octanol–water partition coefficient (Wildman–Crippen LogP) is 1.31. The third-order valence-corrected chi connectivity index (χ3v) is 3.20. The summed E-state index contributed by atoms with van der Waals surface area (Å²) in [5.41, 5.74) is -1.03. The van der Waals surface area contributed by atoms with E-state index in [9.17, 15) is 23.3 Å². The topological polar surface area (TPSA) is 104 Å². The highest BCUT2D eigenvalue weighted by Gasteiger charge is 2.24. The monoisotopic (exact) mass is 279 g/mol. The fraction of sp³-hybridized carbons (Fsp3) is 0.125. The smallest absolute Gasteiger partial charge is 0.344 e. The van der Waals surface area contributed by atoms with Gasteiger partial charge in [0, 0.05) is 16.7 Å². The minimum absolute atomic E-state index is 0.412. The Hall–Kier alpha value is -1.67. The molecule has 17 heavy (non-hydrogen) atoms. The van der Waals surface area contributed by atoms with Gasteiger partial charge in [-0.2, -0.15) is 0 Å². The molecule has 0 unspecified atom stereocenters. The Labute approximate surface area is 101 Å². The third kappa shape index (κ3) is 2.92. The van der Waals surface area contributed by atoms with E-state index in [4.69, 9.17) is 10.7 Å². The lowest BCUT2D eigenvalue weighted by Crippen LogP contribution is -2.07. The van der Waals surface area contributed by atoms with E-state index in [1.165, 1.54) is 0 Å². The molecule has 1 aromatic rings. The molecule has 0 aliphatic rings. The van der Waals surface area contributed by atoms with Crippen LogP contribution < -0.4 is 0 Å². The Morgan fingerprint density at radius 2 is 2.06 bits per heavy atom. The van der Waals surface area contributed by atoms with Gasteiger partial charge in [0.05, 0.1) is 16.9 Å². The highest BCUT2D eigenvalue weighted by Crippen LogP contribution is 2.24. The molecule has 92 valence electrons. The first-order valence-corrected chi connectivity index (χ1v) is 6.39. The van der Waals surface area contributed by atoms with Crippen molar-refractivity contribution in [1.82, 2.24) is 0 Å². The summed E-state index contributed by atoms with van der Waals surface area (Å²) < 4.78 is 26.4. The van der Waals surface area contributed by atoms with Crippen molar-refractivity contribution in [3.8, 4) is 0 Å². The molecular formula is C8H6ClNO6S. The number of methoxy groups -OCH3 is 1. The second kappa shape index (κ2) is 4.68. The highest BCUT2D eigenvalue weighted by molar-refractivity contribution is 8.13. The summed E-state index contributed by atoms with van der Waals surface area (Å²) in [6, 6.07) is 2.61. The van der Waals surface area contributed by atoms with E-state index in [0.29, 0.717) is 0 Å². The average molecular weight is 280 g/mol. The number of nitro benzene ring substituents is 1. The van der Waals surface area contributed by atoms with Crippen molar-refractivity contribution >= 4 is 31.4 Å². The fourth-order valence-corrected chi connectivity index (χ4v) is 1.88. The largest absolute Gasteiger partial charge is 0.465 e. The molecule has 0 saturated heterocycles. The van der Waals surface area contributed by atoms with Crippen LogP contribution in [0.15, 0.2) is 23.1 Å². The van der Waals surface area contributed by atoms with Crippen molar-refractivity contribution in [2.75, 3.05) is 7.11 Å². The number of hydrogen-bond donors (Lipinski definition) is 0. The maximum atomic E-state index is 11.3. The van der Waals surface area contributed by atoms with Crippen molar-refractivity contribution in [2.24, 2.45) is 0 Å². The van der Waals surface area contributed by atoms with Gasteiger partial charge in [0.2, 0.25) is 0 Å². The predicted molar refractivity (Wildman–Crippen MR) is 57.5 cm³/mol. The Bertz CT molecular complexity index is 582. The first-order chi connectivity index (χ1) is 7.77. The first kappa shape index (κ1) is 13.4. The third-order valence-electron chi connectivity index (χ3n) is 1.85. The number of nitrogens with zero attached hydrogens (tertiary/aromatic N) is 1. The lowest BCUT2D eigenvalue weighted by atomic mass is 10.2. The van der Waals surface area contributed by atoms with Gasteiger partial charge in [-0.25, -0.2) is 13.2 Å².